The summed E-state index contributed by atoms with van der Waals surface area (Å²) in [5.41, 5.74) is -2.04. The van der Waals surface area contributed by atoms with Crippen molar-refractivity contribution < 1.29 is 72.9 Å². The van der Waals surface area contributed by atoms with Crippen molar-refractivity contribution in [3.8, 4) is 23.0 Å². The average Bonchev–Trinajstić information content (AvgIpc) is 3.56. The summed E-state index contributed by atoms with van der Waals surface area (Å²) in [7, 11) is -10.7. The van der Waals surface area contributed by atoms with Crippen LogP contribution in [0.4, 0.5) is 34.1 Å². The lowest BCUT2D eigenvalue weighted by Gasteiger charge is -2.12. The Hall–Kier alpha value is -7.30. The molecule has 5 aromatic rings. The highest BCUT2D eigenvalue weighted by molar-refractivity contribution is 7.86. The van der Waals surface area contributed by atoms with Gasteiger partial charge in [0.1, 0.15) is 49.8 Å². The van der Waals surface area contributed by atoms with E-state index in [1.165, 1.54) is 63.8 Å². The number of hydrogen-bond donors (Lipinski definition) is 5. The van der Waals surface area contributed by atoms with Gasteiger partial charge in [-0.2, -0.15) is 45.6 Å². The number of fused-ring (bicyclic) bond motifs is 1. The van der Waals surface area contributed by atoms with Crippen molar-refractivity contribution in [1.82, 2.24) is 0 Å². The third kappa shape index (κ3) is 9.21. The molecule has 0 saturated heterocycles. The van der Waals surface area contributed by atoms with E-state index in [0.717, 1.165) is 36.4 Å². The molecule has 24 nitrogen and oxygen atoms in total. The SMILES string of the molecule is COc1ccc(N=Nc2cc(OC)c(N=Nc3c(S(=O)(=O)O)cc4cc(N=NC5C(=O)N(c6ccc(S(=O)(=O)O)cc6)N=C5C(=O)O)ccc4c3O)cc2OC)c(S(=O)(=O)O)c1. The van der Waals surface area contributed by atoms with Crippen LogP contribution in [0.25, 0.3) is 10.8 Å². The zero-order valence-electron chi connectivity index (χ0n) is 31.6. The van der Waals surface area contributed by atoms with Gasteiger partial charge in [0.25, 0.3) is 36.3 Å². The maximum absolute atomic E-state index is 13.2. The number of phenols is 1. The normalized spacial score (nSPS) is 14.9. The van der Waals surface area contributed by atoms with Crippen LogP contribution >= 0.6 is 0 Å². The molecular weight excluding hydrogens is 885 g/mol. The van der Waals surface area contributed by atoms with E-state index in [2.05, 4.69) is 35.8 Å². The standard InChI is InChI=1S/C35H28N8O16S3/c1-57-20-7-11-23(28(14-20)61(51,52)53)37-38-24-15-27(59-3)25(16-26(24)58-2)39-40-30-29(62(54,55)56)13-17-12-18(4-10-22(17)33(30)44)36-41-31-32(35(46)47)42-43(34(31)45)19-5-8-21(9-6-19)60(48,49)50/h4-16,31,44H,1-3H3,(H,46,47)(H,48,49,50)(H,51,52,53)(H,54,55,56). The molecule has 1 heterocycles. The number of carbonyl (C=O) groups is 2. The molecule has 0 bridgehead atoms. The summed E-state index contributed by atoms with van der Waals surface area (Å²) in [5.74, 6) is -3.40. The minimum absolute atomic E-state index is 0.0327. The van der Waals surface area contributed by atoms with Gasteiger partial charge in [0.15, 0.2) is 11.5 Å². The largest absolute Gasteiger partial charge is 0.505 e. The van der Waals surface area contributed by atoms with Crippen molar-refractivity contribution in [3.05, 3.63) is 78.9 Å². The molecule has 0 fully saturated rings. The Morgan fingerprint density at radius 1 is 0.677 bits per heavy atom. The molecule has 6 rings (SSSR count). The third-order valence-corrected chi connectivity index (χ3v) is 11.2. The van der Waals surface area contributed by atoms with Crippen LogP contribution in [0, 0.1) is 0 Å². The maximum atomic E-state index is 13.2. The van der Waals surface area contributed by atoms with Crippen LogP contribution in [0.1, 0.15) is 0 Å². The van der Waals surface area contributed by atoms with Gasteiger partial charge in [-0.05, 0) is 66.0 Å². The Bertz CT molecular complexity index is 3140. The van der Waals surface area contributed by atoms with Crippen molar-refractivity contribution in [2.45, 2.75) is 20.7 Å². The number of hydrogen-bond acceptors (Lipinski definition) is 19. The number of aliphatic carboxylic acids is 1. The Kier molecular flexibility index (Phi) is 12.1. The van der Waals surface area contributed by atoms with E-state index in [1.807, 2.05) is 0 Å². The number of phenolic OH excluding ortho intramolecular Hbond substituents is 1. The van der Waals surface area contributed by atoms with Gasteiger partial charge in [-0.15, -0.1) is 20.5 Å². The second-order valence-corrected chi connectivity index (χ2v) is 16.6. The number of amides is 1. The molecule has 1 unspecified atom stereocenters. The third-order valence-electron chi connectivity index (χ3n) is 8.56. The lowest BCUT2D eigenvalue weighted by atomic mass is 10.1. The van der Waals surface area contributed by atoms with Crippen molar-refractivity contribution in [1.29, 1.82) is 0 Å². The van der Waals surface area contributed by atoms with Crippen LogP contribution in [-0.2, 0) is 39.9 Å². The monoisotopic (exact) mass is 912 g/mol. The number of carboxylic acid groups (broad SMARTS) is 1. The van der Waals surface area contributed by atoms with Gasteiger partial charge in [-0.1, -0.05) is 0 Å². The van der Waals surface area contributed by atoms with E-state index in [-0.39, 0.29) is 56.5 Å². The van der Waals surface area contributed by atoms with Gasteiger partial charge in [-0.25, -0.2) is 4.79 Å². The molecule has 0 saturated carbocycles. The van der Waals surface area contributed by atoms with Gasteiger partial charge in [0.05, 0.1) is 37.6 Å². The smallest absolute Gasteiger partial charge is 0.355 e. The van der Waals surface area contributed by atoms with Crippen LogP contribution in [0.15, 0.2) is 129 Å². The second-order valence-electron chi connectivity index (χ2n) is 12.4. The average molecular weight is 913 g/mol. The number of carbonyl (C=O) groups excluding carboxylic acids is 1. The predicted octanol–water partition coefficient (Wildman–Crippen LogP) is 6.08. The zero-order valence-corrected chi connectivity index (χ0v) is 34.1. The molecule has 27 heteroatoms. The zero-order chi connectivity index (χ0) is 45.3. The molecule has 0 spiro atoms. The topological polar surface area (TPSA) is 355 Å². The summed E-state index contributed by atoms with van der Waals surface area (Å²) >= 11 is 0. The van der Waals surface area contributed by atoms with Crippen LogP contribution in [0.3, 0.4) is 0 Å². The van der Waals surface area contributed by atoms with Crippen LogP contribution in [0.2, 0.25) is 0 Å². The highest BCUT2D eigenvalue weighted by Crippen LogP contribution is 2.45. The molecule has 1 amide bonds. The minimum atomic E-state index is -5.14. The number of benzene rings is 5. The Morgan fingerprint density at radius 3 is 1.82 bits per heavy atom. The first-order valence-corrected chi connectivity index (χ1v) is 21.1. The van der Waals surface area contributed by atoms with Crippen LogP contribution in [-0.4, -0.2) is 94.1 Å². The van der Waals surface area contributed by atoms with Crippen molar-refractivity contribution >= 4 is 92.8 Å². The molecule has 0 aliphatic carbocycles. The van der Waals surface area contributed by atoms with E-state index in [9.17, 15) is 58.7 Å². The molecule has 1 aliphatic rings. The fourth-order valence-electron chi connectivity index (χ4n) is 5.62. The number of ether oxygens (including phenoxy) is 3. The molecule has 0 radical (unpaired) electrons. The first-order valence-electron chi connectivity index (χ1n) is 16.8. The molecule has 322 valence electrons. The number of rotatable bonds is 14. The quantitative estimate of drug-likeness (QED) is 0.0622. The second kappa shape index (κ2) is 17.0. The number of azo groups is 3. The summed E-state index contributed by atoms with van der Waals surface area (Å²) in [6.07, 6.45) is 0. The van der Waals surface area contributed by atoms with E-state index in [4.69, 9.17) is 14.2 Å². The molecule has 5 N–H and O–H groups in total. The number of anilines is 1. The molecule has 62 heavy (non-hydrogen) atoms. The van der Waals surface area contributed by atoms with Crippen molar-refractivity contribution in [2.24, 2.45) is 35.8 Å². The Morgan fingerprint density at radius 2 is 1.27 bits per heavy atom. The summed E-state index contributed by atoms with van der Waals surface area (Å²) in [6.45, 7) is 0. The molecule has 1 atom stereocenters. The van der Waals surface area contributed by atoms with Gasteiger partial charge in [-0.3, -0.25) is 18.5 Å². The number of methoxy groups -OCH3 is 3. The highest BCUT2D eigenvalue weighted by Gasteiger charge is 2.41. The summed E-state index contributed by atoms with van der Waals surface area (Å²) in [4.78, 5) is 23.1. The predicted molar refractivity (Wildman–Crippen MR) is 213 cm³/mol. The van der Waals surface area contributed by atoms with Crippen molar-refractivity contribution in [3.63, 3.8) is 0 Å². The Balaban J connectivity index is 1.32. The highest BCUT2D eigenvalue weighted by atomic mass is 32.2. The minimum Gasteiger partial charge on any atom is -0.505 e. The first kappa shape index (κ1) is 44.3. The van der Waals surface area contributed by atoms with E-state index in [1.54, 1.807) is 0 Å². The Labute approximate surface area is 349 Å². The fraction of sp³-hybridized carbons (Fsp3) is 0.114. The lowest BCUT2D eigenvalue weighted by Crippen LogP contribution is -2.33. The van der Waals surface area contributed by atoms with Gasteiger partial charge in [0, 0.05) is 23.6 Å². The van der Waals surface area contributed by atoms with Gasteiger partial charge in [0.2, 0.25) is 6.04 Å². The van der Waals surface area contributed by atoms with E-state index < -0.39 is 80.1 Å². The number of carboxylic acids is 1. The van der Waals surface area contributed by atoms with Crippen LogP contribution < -0.4 is 19.2 Å². The van der Waals surface area contributed by atoms with Crippen molar-refractivity contribution in [2.75, 3.05) is 26.3 Å². The molecule has 0 aromatic heterocycles. The van der Waals surface area contributed by atoms with E-state index >= 15 is 0 Å². The van der Waals surface area contributed by atoms with Crippen LogP contribution in [0.5, 0.6) is 23.0 Å². The first-order chi connectivity index (χ1) is 29.1. The summed E-state index contributed by atoms with van der Waals surface area (Å²) in [6, 6.07) is 13.0. The molecular formula is C35H28N8O16S3. The lowest BCUT2D eigenvalue weighted by molar-refractivity contribution is -0.130. The number of nitrogens with zero attached hydrogens (tertiary/aromatic N) is 8. The van der Waals surface area contributed by atoms with Gasteiger partial charge >= 0.3 is 5.97 Å². The maximum Gasteiger partial charge on any atom is 0.355 e. The van der Waals surface area contributed by atoms with Gasteiger partial charge < -0.3 is 24.4 Å². The molecule has 5 aromatic carbocycles. The summed E-state index contributed by atoms with van der Waals surface area (Å²) < 4.78 is 117. The fourth-order valence-corrected chi connectivity index (χ4v) is 7.39. The molecule has 1 aliphatic heterocycles. The number of aromatic hydroxyl groups is 1. The summed E-state index contributed by atoms with van der Waals surface area (Å²) in [5, 5.41) is 48.8. The number of hydrazone groups is 1. The van der Waals surface area contributed by atoms with E-state index in [0.29, 0.717) is 5.01 Å².